The lowest BCUT2D eigenvalue weighted by molar-refractivity contribution is -0.120. The van der Waals surface area contributed by atoms with Crippen molar-refractivity contribution >= 4 is 22.8 Å². The zero-order valence-corrected chi connectivity index (χ0v) is 12.0. The molecule has 1 unspecified atom stereocenters. The lowest BCUT2D eigenvalue weighted by atomic mass is 10.0. The van der Waals surface area contributed by atoms with Gasteiger partial charge in [-0.3, -0.25) is 4.79 Å². The van der Waals surface area contributed by atoms with Crippen molar-refractivity contribution in [1.82, 2.24) is 19.5 Å². The topological polar surface area (TPSA) is 86.7 Å². The Kier molecular flexibility index (Phi) is 4.65. The molecule has 20 heavy (non-hydrogen) atoms. The predicted octanol–water partition coefficient (Wildman–Crippen LogP) is 2.51. The van der Waals surface area contributed by atoms with Gasteiger partial charge in [0.2, 0.25) is 0 Å². The second-order valence-electron chi connectivity index (χ2n) is 5.06. The number of nitrogens with two attached hydrogens (primary N) is 1. The van der Waals surface area contributed by atoms with E-state index in [-0.39, 0.29) is 11.8 Å². The summed E-state index contributed by atoms with van der Waals surface area (Å²) in [6, 6.07) is -0.217. The molecule has 0 radical (unpaired) electrons. The van der Waals surface area contributed by atoms with Gasteiger partial charge in [0.15, 0.2) is 17.2 Å². The molecule has 2 rings (SSSR count). The van der Waals surface area contributed by atoms with Crippen molar-refractivity contribution in [2.24, 2.45) is 0 Å². The fourth-order valence-corrected chi connectivity index (χ4v) is 2.40. The largest absolute Gasteiger partial charge is 0.382 e. The Bertz CT molecular complexity index is 592. The van der Waals surface area contributed by atoms with Crippen LogP contribution in [0.5, 0.6) is 0 Å². The minimum atomic E-state index is -0.217. The number of hydrogen-bond acceptors (Lipinski definition) is 5. The van der Waals surface area contributed by atoms with Gasteiger partial charge in [-0.1, -0.05) is 32.6 Å². The highest BCUT2D eigenvalue weighted by atomic mass is 16.1. The number of carbonyl (C=O) groups excluding carboxylic acids is 1. The quantitative estimate of drug-likeness (QED) is 0.784. The number of aromatic nitrogens is 4. The Balaban J connectivity index is 2.23. The van der Waals surface area contributed by atoms with Crippen LogP contribution < -0.4 is 5.73 Å². The number of carbonyl (C=O) groups is 1. The maximum atomic E-state index is 11.9. The molecule has 0 bridgehead atoms. The van der Waals surface area contributed by atoms with Crippen LogP contribution in [-0.4, -0.2) is 25.3 Å². The van der Waals surface area contributed by atoms with E-state index in [9.17, 15) is 4.79 Å². The van der Waals surface area contributed by atoms with Gasteiger partial charge in [0.1, 0.15) is 11.8 Å². The van der Waals surface area contributed by atoms with Crippen molar-refractivity contribution in [3.8, 4) is 0 Å². The summed E-state index contributed by atoms with van der Waals surface area (Å²) >= 11 is 0. The van der Waals surface area contributed by atoms with Gasteiger partial charge in [-0.05, 0) is 13.3 Å². The zero-order chi connectivity index (χ0) is 14.5. The minimum absolute atomic E-state index is 0.123. The molecular weight excluding hydrogens is 254 g/mol. The van der Waals surface area contributed by atoms with Gasteiger partial charge < -0.3 is 10.3 Å². The van der Waals surface area contributed by atoms with E-state index in [2.05, 4.69) is 21.9 Å². The summed E-state index contributed by atoms with van der Waals surface area (Å²) in [6.45, 7) is 3.78. The van der Waals surface area contributed by atoms with Crippen LogP contribution >= 0.6 is 0 Å². The molecule has 2 aromatic heterocycles. The van der Waals surface area contributed by atoms with E-state index in [0.29, 0.717) is 17.0 Å². The lowest BCUT2D eigenvalue weighted by Crippen LogP contribution is -2.16. The summed E-state index contributed by atoms with van der Waals surface area (Å²) in [5.41, 5.74) is 6.97. The van der Waals surface area contributed by atoms with Crippen LogP contribution in [0.3, 0.4) is 0 Å². The van der Waals surface area contributed by atoms with Crippen LogP contribution in [0.4, 0.5) is 5.82 Å². The number of unbranched alkanes of at least 4 members (excludes halogenated alkanes) is 3. The molecule has 6 heteroatoms. The van der Waals surface area contributed by atoms with Gasteiger partial charge in [-0.25, -0.2) is 15.0 Å². The fraction of sp³-hybridized carbons (Fsp3) is 0.571. The standard InChI is InChI=1S/C14H21N5O/c1-3-4-5-6-7-11(10(2)20)19-9-18-12-13(15)16-8-17-14(12)19/h8-9,11H,3-7H2,1-2H3,(H2,15,16,17). The molecule has 2 heterocycles. The molecule has 0 saturated heterocycles. The van der Waals surface area contributed by atoms with E-state index >= 15 is 0 Å². The van der Waals surface area contributed by atoms with Crippen LogP contribution in [0.15, 0.2) is 12.7 Å². The molecule has 0 saturated carbocycles. The van der Waals surface area contributed by atoms with Crippen molar-refractivity contribution in [3.63, 3.8) is 0 Å². The molecule has 1 atom stereocenters. The van der Waals surface area contributed by atoms with Gasteiger partial charge in [-0.2, -0.15) is 0 Å². The average Bonchev–Trinajstić information content (AvgIpc) is 2.84. The number of Topliss-reactive ketones (excluding diaryl/α,β-unsaturated/α-hetero) is 1. The van der Waals surface area contributed by atoms with Crippen LogP contribution in [0, 0.1) is 0 Å². The van der Waals surface area contributed by atoms with E-state index < -0.39 is 0 Å². The Morgan fingerprint density at radius 1 is 1.30 bits per heavy atom. The zero-order valence-electron chi connectivity index (χ0n) is 12.0. The molecule has 0 aromatic carbocycles. The first-order chi connectivity index (χ1) is 9.65. The Labute approximate surface area is 118 Å². The van der Waals surface area contributed by atoms with E-state index in [1.807, 2.05) is 4.57 Å². The molecule has 0 spiro atoms. The first-order valence-electron chi connectivity index (χ1n) is 7.08. The molecule has 0 aliphatic carbocycles. The number of rotatable bonds is 7. The summed E-state index contributed by atoms with van der Waals surface area (Å²) in [7, 11) is 0. The summed E-state index contributed by atoms with van der Waals surface area (Å²) in [5, 5.41) is 0. The Morgan fingerprint density at radius 2 is 2.10 bits per heavy atom. The molecule has 0 aliphatic heterocycles. The number of nitrogens with zero attached hydrogens (tertiary/aromatic N) is 4. The number of hydrogen-bond donors (Lipinski definition) is 1. The van der Waals surface area contributed by atoms with E-state index in [0.717, 1.165) is 19.3 Å². The minimum Gasteiger partial charge on any atom is -0.382 e. The smallest absolute Gasteiger partial charge is 0.166 e. The fourth-order valence-electron chi connectivity index (χ4n) is 2.40. The summed E-state index contributed by atoms with van der Waals surface area (Å²) in [6.07, 6.45) is 8.41. The van der Waals surface area contributed by atoms with Crippen molar-refractivity contribution in [2.75, 3.05) is 5.73 Å². The Morgan fingerprint density at radius 3 is 2.80 bits per heavy atom. The normalized spacial score (nSPS) is 12.7. The molecule has 2 aromatic rings. The van der Waals surface area contributed by atoms with Gasteiger partial charge in [0.25, 0.3) is 0 Å². The van der Waals surface area contributed by atoms with Crippen LogP contribution in [0.25, 0.3) is 11.2 Å². The highest BCUT2D eigenvalue weighted by Gasteiger charge is 2.20. The van der Waals surface area contributed by atoms with E-state index in [1.54, 1.807) is 13.3 Å². The van der Waals surface area contributed by atoms with Crippen molar-refractivity contribution < 1.29 is 4.79 Å². The third-order valence-corrected chi connectivity index (χ3v) is 3.52. The molecule has 0 aliphatic rings. The summed E-state index contributed by atoms with van der Waals surface area (Å²) in [5.74, 6) is 0.472. The SMILES string of the molecule is CCCCCCC(C(C)=O)n1cnc2c(N)ncnc21. The average molecular weight is 275 g/mol. The van der Waals surface area contributed by atoms with Crippen molar-refractivity contribution in [2.45, 2.75) is 52.0 Å². The van der Waals surface area contributed by atoms with Crippen LogP contribution in [-0.2, 0) is 4.79 Å². The molecule has 6 nitrogen and oxygen atoms in total. The number of imidazole rings is 1. The van der Waals surface area contributed by atoms with Crippen molar-refractivity contribution in [1.29, 1.82) is 0 Å². The predicted molar refractivity (Wildman–Crippen MR) is 78.2 cm³/mol. The molecule has 108 valence electrons. The van der Waals surface area contributed by atoms with Crippen LogP contribution in [0.2, 0.25) is 0 Å². The maximum Gasteiger partial charge on any atom is 0.166 e. The number of nitrogen functional groups attached to an aromatic ring is 1. The third-order valence-electron chi connectivity index (χ3n) is 3.52. The second kappa shape index (κ2) is 6.45. The van der Waals surface area contributed by atoms with Crippen LogP contribution in [0.1, 0.15) is 52.0 Å². The molecular formula is C14H21N5O. The van der Waals surface area contributed by atoms with E-state index in [1.165, 1.54) is 19.2 Å². The molecule has 0 fully saturated rings. The van der Waals surface area contributed by atoms with Gasteiger partial charge in [0.05, 0.1) is 12.4 Å². The Hall–Kier alpha value is -1.98. The van der Waals surface area contributed by atoms with Gasteiger partial charge in [0, 0.05) is 0 Å². The first kappa shape index (κ1) is 14.4. The highest BCUT2D eigenvalue weighted by Crippen LogP contribution is 2.23. The van der Waals surface area contributed by atoms with Crippen molar-refractivity contribution in [3.05, 3.63) is 12.7 Å². The maximum absolute atomic E-state index is 11.9. The third kappa shape index (κ3) is 2.95. The first-order valence-corrected chi connectivity index (χ1v) is 7.08. The van der Waals surface area contributed by atoms with Gasteiger partial charge in [-0.15, -0.1) is 0 Å². The van der Waals surface area contributed by atoms with Gasteiger partial charge >= 0.3 is 0 Å². The number of fused-ring (bicyclic) bond motifs is 1. The molecule has 2 N–H and O–H groups in total. The van der Waals surface area contributed by atoms with E-state index in [4.69, 9.17) is 5.73 Å². The number of ketones is 1. The monoisotopic (exact) mass is 275 g/mol. The number of anilines is 1. The highest BCUT2D eigenvalue weighted by molar-refractivity contribution is 5.85. The lowest BCUT2D eigenvalue weighted by Gasteiger charge is -2.15. The summed E-state index contributed by atoms with van der Waals surface area (Å²) < 4.78 is 1.82. The molecule has 0 amide bonds. The second-order valence-corrected chi connectivity index (χ2v) is 5.06. The summed E-state index contributed by atoms with van der Waals surface area (Å²) in [4.78, 5) is 24.3.